The van der Waals surface area contributed by atoms with E-state index in [-0.39, 0.29) is 0 Å². The highest BCUT2D eigenvalue weighted by molar-refractivity contribution is 5.15. The summed E-state index contributed by atoms with van der Waals surface area (Å²) in [6.07, 6.45) is 8.96. The van der Waals surface area contributed by atoms with Gasteiger partial charge in [0, 0.05) is 11.5 Å². The third-order valence-corrected chi connectivity index (χ3v) is 4.57. The first kappa shape index (κ1) is 11.2. The second-order valence-electron chi connectivity index (χ2n) is 5.59. The van der Waals surface area contributed by atoms with Gasteiger partial charge in [-0.25, -0.2) is 0 Å². The van der Waals surface area contributed by atoms with E-state index in [0.717, 1.165) is 5.82 Å². The summed E-state index contributed by atoms with van der Waals surface area (Å²) in [5, 5.41) is 8.83. The molecule has 3 rings (SSSR count). The SMILES string of the molecule is CCC1(c2nnc(CN)n2C2CC2)CCCC1. The van der Waals surface area contributed by atoms with Crippen molar-refractivity contribution >= 4 is 0 Å². The number of hydrogen-bond acceptors (Lipinski definition) is 3. The summed E-state index contributed by atoms with van der Waals surface area (Å²) >= 11 is 0. The monoisotopic (exact) mass is 234 g/mol. The molecule has 0 amide bonds. The fourth-order valence-electron chi connectivity index (χ4n) is 3.33. The number of hydrogen-bond donors (Lipinski definition) is 1. The van der Waals surface area contributed by atoms with Crippen LogP contribution in [0.3, 0.4) is 0 Å². The zero-order chi connectivity index (χ0) is 11.9. The predicted octanol–water partition coefficient (Wildman–Crippen LogP) is 2.29. The minimum atomic E-state index is 0.295. The van der Waals surface area contributed by atoms with Crippen molar-refractivity contribution in [1.82, 2.24) is 14.8 Å². The van der Waals surface area contributed by atoms with Crippen LogP contribution in [0.1, 0.15) is 69.6 Å². The van der Waals surface area contributed by atoms with Crippen molar-refractivity contribution in [2.24, 2.45) is 5.73 Å². The molecule has 0 saturated heterocycles. The average Bonchev–Trinajstić information content (AvgIpc) is 2.94. The predicted molar refractivity (Wildman–Crippen MR) is 66.6 cm³/mol. The maximum Gasteiger partial charge on any atom is 0.147 e. The Morgan fingerprint density at radius 3 is 2.53 bits per heavy atom. The largest absolute Gasteiger partial charge is 0.324 e. The van der Waals surface area contributed by atoms with Crippen LogP contribution in [0.2, 0.25) is 0 Å². The fraction of sp³-hybridized carbons (Fsp3) is 0.846. The standard InChI is InChI=1S/C13H22N4/c1-2-13(7-3-4-8-13)12-16-15-11(9-14)17(12)10-5-6-10/h10H,2-9,14H2,1H3. The van der Waals surface area contributed by atoms with E-state index >= 15 is 0 Å². The van der Waals surface area contributed by atoms with Crippen LogP contribution in [-0.4, -0.2) is 14.8 Å². The third-order valence-electron chi connectivity index (χ3n) is 4.57. The molecule has 0 radical (unpaired) electrons. The fourth-order valence-corrected chi connectivity index (χ4v) is 3.33. The van der Waals surface area contributed by atoms with Gasteiger partial charge in [-0.2, -0.15) is 0 Å². The molecule has 2 aliphatic carbocycles. The lowest BCUT2D eigenvalue weighted by Crippen LogP contribution is -2.26. The van der Waals surface area contributed by atoms with Gasteiger partial charge in [0.1, 0.15) is 11.6 Å². The molecule has 2 saturated carbocycles. The van der Waals surface area contributed by atoms with E-state index in [9.17, 15) is 0 Å². The summed E-state index contributed by atoms with van der Waals surface area (Å²) in [5.41, 5.74) is 6.08. The molecule has 0 spiro atoms. The number of rotatable bonds is 4. The zero-order valence-electron chi connectivity index (χ0n) is 10.7. The second-order valence-corrected chi connectivity index (χ2v) is 5.59. The Morgan fingerprint density at radius 1 is 1.29 bits per heavy atom. The van der Waals surface area contributed by atoms with E-state index in [4.69, 9.17) is 5.73 Å². The van der Waals surface area contributed by atoms with E-state index in [1.165, 1.54) is 50.8 Å². The van der Waals surface area contributed by atoms with Gasteiger partial charge in [-0.15, -0.1) is 10.2 Å². The summed E-state index contributed by atoms with van der Waals surface area (Å²) in [4.78, 5) is 0. The summed E-state index contributed by atoms with van der Waals surface area (Å²) in [6.45, 7) is 2.81. The summed E-state index contributed by atoms with van der Waals surface area (Å²) < 4.78 is 2.37. The Bertz CT molecular complexity index is 400. The minimum Gasteiger partial charge on any atom is -0.324 e. The molecule has 0 unspecified atom stereocenters. The Morgan fingerprint density at radius 2 is 2.00 bits per heavy atom. The van der Waals surface area contributed by atoms with Gasteiger partial charge in [-0.3, -0.25) is 0 Å². The van der Waals surface area contributed by atoms with Crippen molar-refractivity contribution in [3.63, 3.8) is 0 Å². The molecule has 94 valence electrons. The van der Waals surface area contributed by atoms with E-state index in [1.54, 1.807) is 0 Å². The van der Waals surface area contributed by atoms with Crippen LogP contribution in [0, 0.1) is 0 Å². The first-order chi connectivity index (χ1) is 8.30. The topological polar surface area (TPSA) is 56.7 Å². The smallest absolute Gasteiger partial charge is 0.147 e. The van der Waals surface area contributed by atoms with Crippen molar-refractivity contribution < 1.29 is 0 Å². The first-order valence-corrected chi connectivity index (χ1v) is 6.95. The Hall–Kier alpha value is -0.900. The number of nitrogens with zero attached hydrogens (tertiary/aromatic N) is 3. The molecule has 1 heterocycles. The summed E-state index contributed by atoms with van der Waals surface area (Å²) in [6, 6.07) is 0.641. The van der Waals surface area contributed by atoms with E-state index < -0.39 is 0 Å². The highest BCUT2D eigenvalue weighted by Gasteiger charge is 2.41. The van der Waals surface area contributed by atoms with Gasteiger partial charge in [0.05, 0.1) is 6.54 Å². The van der Waals surface area contributed by atoms with Crippen LogP contribution in [0.25, 0.3) is 0 Å². The van der Waals surface area contributed by atoms with Crippen LogP contribution < -0.4 is 5.73 Å². The van der Waals surface area contributed by atoms with E-state index in [1.807, 2.05) is 0 Å². The van der Waals surface area contributed by atoms with E-state index in [0.29, 0.717) is 18.0 Å². The van der Waals surface area contributed by atoms with Gasteiger partial charge in [-0.05, 0) is 32.1 Å². The molecule has 2 fully saturated rings. The van der Waals surface area contributed by atoms with Crippen LogP contribution in [0.4, 0.5) is 0 Å². The highest BCUT2D eigenvalue weighted by Crippen LogP contribution is 2.46. The quantitative estimate of drug-likeness (QED) is 0.869. The lowest BCUT2D eigenvalue weighted by atomic mass is 9.82. The molecule has 2 aliphatic rings. The van der Waals surface area contributed by atoms with Crippen molar-refractivity contribution in [3.8, 4) is 0 Å². The second kappa shape index (κ2) is 4.09. The van der Waals surface area contributed by atoms with Gasteiger partial charge in [0.25, 0.3) is 0 Å². The van der Waals surface area contributed by atoms with Gasteiger partial charge < -0.3 is 10.3 Å². The lowest BCUT2D eigenvalue weighted by molar-refractivity contribution is 0.376. The van der Waals surface area contributed by atoms with Gasteiger partial charge in [0.15, 0.2) is 0 Å². The van der Waals surface area contributed by atoms with Crippen molar-refractivity contribution in [2.45, 2.75) is 69.9 Å². The van der Waals surface area contributed by atoms with E-state index in [2.05, 4.69) is 21.7 Å². The summed E-state index contributed by atoms with van der Waals surface area (Å²) in [7, 11) is 0. The number of nitrogens with two attached hydrogens (primary N) is 1. The Kier molecular flexibility index (Phi) is 2.69. The van der Waals surface area contributed by atoms with Crippen molar-refractivity contribution in [3.05, 3.63) is 11.6 Å². The van der Waals surface area contributed by atoms with Gasteiger partial charge in [0.2, 0.25) is 0 Å². The molecule has 0 bridgehead atoms. The third kappa shape index (κ3) is 1.69. The van der Waals surface area contributed by atoms with Crippen LogP contribution in [0.15, 0.2) is 0 Å². The molecular formula is C13H22N4. The molecule has 1 aromatic rings. The van der Waals surface area contributed by atoms with Crippen molar-refractivity contribution in [2.75, 3.05) is 0 Å². The zero-order valence-corrected chi connectivity index (χ0v) is 10.7. The molecule has 17 heavy (non-hydrogen) atoms. The lowest BCUT2D eigenvalue weighted by Gasteiger charge is -2.27. The molecule has 2 N–H and O–H groups in total. The van der Waals surface area contributed by atoms with Gasteiger partial charge >= 0.3 is 0 Å². The molecular weight excluding hydrogens is 212 g/mol. The molecule has 1 aromatic heterocycles. The average molecular weight is 234 g/mol. The molecule has 4 heteroatoms. The molecule has 0 atom stereocenters. The Balaban J connectivity index is 2.03. The normalized spacial score (nSPS) is 23.2. The highest BCUT2D eigenvalue weighted by atomic mass is 15.3. The minimum absolute atomic E-state index is 0.295. The number of aromatic nitrogens is 3. The maximum absolute atomic E-state index is 5.79. The van der Waals surface area contributed by atoms with Gasteiger partial charge in [-0.1, -0.05) is 19.8 Å². The Labute approximate surface area is 103 Å². The maximum atomic E-state index is 5.79. The summed E-state index contributed by atoms with van der Waals surface area (Å²) in [5.74, 6) is 2.22. The van der Waals surface area contributed by atoms with Crippen LogP contribution in [-0.2, 0) is 12.0 Å². The first-order valence-electron chi connectivity index (χ1n) is 6.95. The van der Waals surface area contributed by atoms with Crippen LogP contribution >= 0.6 is 0 Å². The van der Waals surface area contributed by atoms with Crippen LogP contribution in [0.5, 0.6) is 0 Å². The molecule has 0 aromatic carbocycles. The molecule has 0 aliphatic heterocycles. The van der Waals surface area contributed by atoms with Crippen molar-refractivity contribution in [1.29, 1.82) is 0 Å². The molecule has 4 nitrogen and oxygen atoms in total.